The number of rotatable bonds is 15. The van der Waals surface area contributed by atoms with E-state index in [1.807, 2.05) is 93.9 Å². The molecular formula is C37H48N6O6S. The summed E-state index contributed by atoms with van der Waals surface area (Å²) in [5, 5.41) is 24.5. The van der Waals surface area contributed by atoms with E-state index in [1.54, 1.807) is 9.80 Å². The van der Waals surface area contributed by atoms with E-state index in [0.29, 0.717) is 19.6 Å². The van der Waals surface area contributed by atoms with Gasteiger partial charge in [0, 0.05) is 33.2 Å². The molecule has 50 heavy (non-hydrogen) atoms. The Labute approximate surface area is 294 Å². The molecule has 1 unspecified atom stereocenters. The minimum Gasteiger partial charge on any atom is -0.508 e. The van der Waals surface area contributed by atoms with E-state index in [1.165, 1.54) is 28.6 Å². The number of fused-ring (bicyclic) bond motifs is 1. The molecule has 1 aromatic heterocycles. The summed E-state index contributed by atoms with van der Waals surface area (Å²) in [6, 6.07) is 20.4. The highest BCUT2D eigenvalue weighted by Gasteiger charge is 2.41. The van der Waals surface area contributed by atoms with Gasteiger partial charge in [0.2, 0.25) is 15.9 Å². The van der Waals surface area contributed by atoms with Crippen LogP contribution in [0.5, 0.6) is 5.75 Å². The molecule has 3 atom stereocenters. The van der Waals surface area contributed by atoms with E-state index < -0.39 is 34.1 Å². The summed E-state index contributed by atoms with van der Waals surface area (Å²) in [6.45, 7) is 8.44. The van der Waals surface area contributed by atoms with Crippen molar-refractivity contribution in [2.24, 2.45) is 18.9 Å². The number of imidazole rings is 1. The van der Waals surface area contributed by atoms with Gasteiger partial charge in [-0.25, -0.2) is 18.2 Å². The van der Waals surface area contributed by atoms with Gasteiger partial charge < -0.3 is 29.9 Å². The minimum atomic E-state index is -4.05. The van der Waals surface area contributed by atoms with Crippen molar-refractivity contribution in [3.8, 4) is 5.75 Å². The molecule has 1 aliphatic rings. The van der Waals surface area contributed by atoms with Gasteiger partial charge >= 0.3 is 6.03 Å². The maximum atomic E-state index is 14.2. The van der Waals surface area contributed by atoms with Crippen LogP contribution in [0.2, 0.25) is 0 Å². The fourth-order valence-electron chi connectivity index (χ4n) is 6.52. The average molecular weight is 705 g/mol. The first-order valence-corrected chi connectivity index (χ1v) is 18.5. The fourth-order valence-corrected chi connectivity index (χ4v) is 8.14. The van der Waals surface area contributed by atoms with Crippen LogP contribution >= 0.6 is 0 Å². The van der Waals surface area contributed by atoms with E-state index in [-0.39, 0.29) is 48.0 Å². The van der Waals surface area contributed by atoms with Crippen molar-refractivity contribution in [3.05, 3.63) is 90.3 Å². The van der Waals surface area contributed by atoms with Crippen molar-refractivity contribution < 1.29 is 28.2 Å². The quantitative estimate of drug-likeness (QED) is 0.170. The van der Waals surface area contributed by atoms with Crippen molar-refractivity contribution >= 4 is 33.0 Å². The molecule has 0 aliphatic carbocycles. The van der Waals surface area contributed by atoms with Gasteiger partial charge in [-0.05, 0) is 60.2 Å². The second kappa shape index (κ2) is 15.6. The predicted molar refractivity (Wildman–Crippen MR) is 192 cm³/mol. The molecule has 268 valence electrons. The summed E-state index contributed by atoms with van der Waals surface area (Å²) in [6.07, 6.45) is -1.05. The van der Waals surface area contributed by atoms with Crippen LogP contribution in [0, 0.1) is 11.8 Å². The molecule has 3 amide bonds. The molecule has 3 N–H and O–H groups in total. The molecule has 2 heterocycles. The van der Waals surface area contributed by atoms with Crippen LogP contribution in [0.4, 0.5) is 4.79 Å². The number of nitrogens with zero attached hydrogens (tertiary/aromatic N) is 5. The maximum absolute atomic E-state index is 14.2. The van der Waals surface area contributed by atoms with Crippen LogP contribution in [0.15, 0.2) is 83.8 Å². The van der Waals surface area contributed by atoms with Gasteiger partial charge in [0.05, 0.1) is 34.6 Å². The second-order valence-corrected chi connectivity index (χ2v) is 15.7. The predicted octanol–water partition coefficient (Wildman–Crippen LogP) is 3.98. The van der Waals surface area contributed by atoms with E-state index >= 15 is 0 Å². The largest absolute Gasteiger partial charge is 0.508 e. The summed E-state index contributed by atoms with van der Waals surface area (Å²) < 4.78 is 30.7. The number of phenols is 1. The number of carbonyl (C=O) groups is 2. The molecule has 1 aliphatic heterocycles. The number of amides is 3. The molecular weight excluding hydrogens is 657 g/mol. The monoisotopic (exact) mass is 704 g/mol. The number of aromatic hydroxyl groups is 1. The zero-order chi connectivity index (χ0) is 36.2. The molecule has 5 rings (SSSR count). The third kappa shape index (κ3) is 8.28. The number of hydrogen-bond acceptors (Lipinski definition) is 7. The highest BCUT2D eigenvalue weighted by Crippen LogP contribution is 2.24. The van der Waals surface area contributed by atoms with Crippen molar-refractivity contribution in [2.75, 3.05) is 26.2 Å². The summed E-state index contributed by atoms with van der Waals surface area (Å²) >= 11 is 0. The number of carbonyl (C=O) groups excluding carboxylic acids is 2. The summed E-state index contributed by atoms with van der Waals surface area (Å²) in [4.78, 5) is 35.9. The lowest BCUT2D eigenvalue weighted by Crippen LogP contribution is -2.57. The molecule has 1 saturated heterocycles. The third-order valence-electron chi connectivity index (χ3n) is 9.10. The molecule has 3 aromatic carbocycles. The second-order valence-electron chi connectivity index (χ2n) is 13.7. The lowest BCUT2D eigenvalue weighted by molar-refractivity contribution is -0.128. The first-order valence-electron chi connectivity index (χ1n) is 17.0. The zero-order valence-corrected chi connectivity index (χ0v) is 30.1. The Hall–Kier alpha value is -4.46. The van der Waals surface area contributed by atoms with E-state index in [4.69, 9.17) is 4.98 Å². The number of phenolic OH excluding ortho intramolecular Hbond substituents is 1. The number of aliphatic hydroxyl groups is 1. The Bertz CT molecular complexity index is 1880. The van der Waals surface area contributed by atoms with Gasteiger partial charge in [-0.2, -0.15) is 4.31 Å². The molecule has 0 spiro atoms. The molecule has 0 bridgehead atoms. The molecule has 12 nitrogen and oxygen atoms in total. The normalized spacial score (nSPS) is 15.7. The fraction of sp³-hybridized carbons (Fsp3) is 0.432. The Balaban J connectivity index is 1.36. The molecule has 0 saturated carbocycles. The van der Waals surface area contributed by atoms with Gasteiger partial charge in [-0.3, -0.25) is 4.79 Å². The number of aromatic nitrogens is 2. The SMILES string of the molecule is CC(C)CN(C[C@@H](O)[C@H](Cc1ccccc1)NC(=O)C(C(C)C)N1CCN(Cc2nc3ccccc3n2C)C1=O)S(=O)(=O)c1ccc(O)cc1. The maximum Gasteiger partial charge on any atom is 0.321 e. The van der Waals surface area contributed by atoms with Crippen LogP contribution in [0.3, 0.4) is 0 Å². The third-order valence-corrected chi connectivity index (χ3v) is 10.9. The highest BCUT2D eigenvalue weighted by molar-refractivity contribution is 7.89. The topological polar surface area (TPSA) is 148 Å². The number of benzene rings is 3. The van der Waals surface area contributed by atoms with Crippen LogP contribution in [-0.2, 0) is 34.8 Å². The first-order chi connectivity index (χ1) is 23.8. The van der Waals surface area contributed by atoms with E-state index in [0.717, 1.165) is 22.4 Å². The van der Waals surface area contributed by atoms with Crippen LogP contribution < -0.4 is 5.32 Å². The Kier molecular flexibility index (Phi) is 11.5. The number of urea groups is 1. The van der Waals surface area contributed by atoms with Crippen LogP contribution in [-0.4, -0.2) is 98.6 Å². The number of nitrogens with one attached hydrogen (secondary N) is 1. The van der Waals surface area contributed by atoms with Crippen molar-refractivity contribution in [3.63, 3.8) is 0 Å². The number of para-hydroxylation sites is 2. The Morgan fingerprint density at radius 3 is 2.24 bits per heavy atom. The van der Waals surface area contributed by atoms with Gasteiger partial charge in [0.1, 0.15) is 17.6 Å². The number of aliphatic hydroxyl groups excluding tert-OH is 1. The molecule has 13 heteroatoms. The number of sulfonamides is 1. The smallest absolute Gasteiger partial charge is 0.321 e. The summed E-state index contributed by atoms with van der Waals surface area (Å²) in [5.74, 6) is -0.0539. The van der Waals surface area contributed by atoms with Gasteiger partial charge in [-0.1, -0.05) is 70.2 Å². The Morgan fingerprint density at radius 1 is 0.940 bits per heavy atom. The average Bonchev–Trinajstić information content (AvgIpc) is 3.59. The summed E-state index contributed by atoms with van der Waals surface area (Å²) in [5.41, 5.74) is 2.66. The van der Waals surface area contributed by atoms with E-state index in [2.05, 4.69) is 5.32 Å². The Morgan fingerprint density at radius 2 is 1.60 bits per heavy atom. The molecule has 1 fully saturated rings. The van der Waals surface area contributed by atoms with Crippen molar-refractivity contribution in [1.29, 1.82) is 0 Å². The van der Waals surface area contributed by atoms with Gasteiger partial charge in [-0.15, -0.1) is 0 Å². The van der Waals surface area contributed by atoms with Crippen LogP contribution in [0.1, 0.15) is 39.1 Å². The first kappa shape index (κ1) is 36.8. The standard InChI is InChI=1S/C37H48N6O6S/c1-25(2)22-42(50(48,49)29-17-15-28(44)16-18-29)23-33(45)31(21-27-11-7-6-8-12-27)39-36(46)35(26(3)4)43-20-19-41(37(43)47)24-34-38-30-13-9-10-14-32(30)40(34)5/h6-18,25-26,31,33,35,44-45H,19-24H2,1-5H3,(H,39,46)/t31-,33+,35?/m0/s1. The van der Waals surface area contributed by atoms with Gasteiger partial charge in [0.15, 0.2) is 0 Å². The lowest BCUT2D eigenvalue weighted by atomic mass is 9.97. The zero-order valence-electron chi connectivity index (χ0n) is 29.3. The lowest BCUT2D eigenvalue weighted by Gasteiger charge is -2.34. The number of aryl methyl sites for hydroxylation is 1. The van der Waals surface area contributed by atoms with Crippen molar-refractivity contribution in [2.45, 2.75) is 63.7 Å². The van der Waals surface area contributed by atoms with Gasteiger partial charge in [0.25, 0.3) is 0 Å². The van der Waals surface area contributed by atoms with Crippen LogP contribution in [0.25, 0.3) is 11.0 Å². The van der Waals surface area contributed by atoms with Crippen molar-refractivity contribution in [1.82, 2.24) is 29.0 Å². The van der Waals surface area contributed by atoms with E-state index in [9.17, 15) is 28.2 Å². The molecule has 0 radical (unpaired) electrons. The summed E-state index contributed by atoms with van der Waals surface area (Å²) in [7, 11) is -2.13. The molecule has 4 aromatic rings. The minimum absolute atomic E-state index is 0.0117. The number of hydrogen-bond donors (Lipinski definition) is 3. The highest BCUT2D eigenvalue weighted by atomic mass is 32.2.